The van der Waals surface area contributed by atoms with Gasteiger partial charge in [-0.15, -0.1) is 0 Å². The smallest absolute Gasteiger partial charge is 0.323 e. The Morgan fingerprint density at radius 3 is 2.57 bits per heavy atom. The maximum Gasteiger partial charge on any atom is 0.323 e. The zero-order valence-corrected chi connectivity index (χ0v) is 9.29. The van der Waals surface area contributed by atoms with Gasteiger partial charge in [0.2, 0.25) is 0 Å². The van der Waals surface area contributed by atoms with Crippen LogP contribution in [0.4, 0.5) is 0 Å². The molecule has 0 heterocycles. The van der Waals surface area contributed by atoms with E-state index in [1.165, 1.54) is 0 Å². The first-order valence-electron chi connectivity index (χ1n) is 5.04. The van der Waals surface area contributed by atoms with Gasteiger partial charge in [-0.1, -0.05) is 20.3 Å². The first kappa shape index (κ1) is 13.4. The van der Waals surface area contributed by atoms with E-state index in [0.717, 1.165) is 12.8 Å². The zero-order chi connectivity index (χ0) is 11.0. The molecule has 0 saturated heterocycles. The number of esters is 1. The van der Waals surface area contributed by atoms with Crippen molar-refractivity contribution in [2.24, 2.45) is 11.7 Å². The van der Waals surface area contributed by atoms with Crippen molar-refractivity contribution in [2.45, 2.75) is 32.7 Å². The number of nitrogens with two attached hydrogens (primary N) is 1. The Balaban J connectivity index is 3.62. The number of ether oxygens (including phenoxy) is 2. The standard InChI is InChI=1S/C10H21NO3/c1-4-8(2)9(11)10(12)14-7-5-6-13-3/h8-9H,4-7,11H2,1-3H3/t8-,9-/m0/s1. The summed E-state index contributed by atoms with van der Waals surface area (Å²) in [6, 6.07) is -0.498. The van der Waals surface area contributed by atoms with E-state index in [1.807, 2.05) is 13.8 Å². The molecule has 0 aliphatic carbocycles. The molecule has 0 aromatic rings. The van der Waals surface area contributed by atoms with Crippen LogP contribution in [0.5, 0.6) is 0 Å². The summed E-state index contributed by atoms with van der Waals surface area (Å²) in [4.78, 5) is 11.3. The predicted molar refractivity (Wildman–Crippen MR) is 54.9 cm³/mol. The minimum Gasteiger partial charge on any atom is -0.464 e. The van der Waals surface area contributed by atoms with Crippen molar-refractivity contribution in [1.82, 2.24) is 0 Å². The molecule has 4 heteroatoms. The Hall–Kier alpha value is -0.610. The summed E-state index contributed by atoms with van der Waals surface area (Å²) < 4.78 is 9.82. The van der Waals surface area contributed by atoms with Crippen LogP contribution < -0.4 is 5.73 Å². The third kappa shape index (κ3) is 5.19. The van der Waals surface area contributed by atoms with Crippen LogP contribution in [0.3, 0.4) is 0 Å². The van der Waals surface area contributed by atoms with E-state index < -0.39 is 6.04 Å². The second-order valence-electron chi connectivity index (χ2n) is 3.43. The second kappa shape index (κ2) is 7.76. The van der Waals surface area contributed by atoms with E-state index in [0.29, 0.717) is 13.2 Å². The molecule has 4 nitrogen and oxygen atoms in total. The van der Waals surface area contributed by atoms with Crippen LogP contribution in [-0.2, 0) is 14.3 Å². The van der Waals surface area contributed by atoms with E-state index in [4.69, 9.17) is 15.2 Å². The molecule has 0 aromatic heterocycles. The maximum atomic E-state index is 11.3. The van der Waals surface area contributed by atoms with Crippen molar-refractivity contribution in [3.05, 3.63) is 0 Å². The molecule has 14 heavy (non-hydrogen) atoms. The average molecular weight is 203 g/mol. The van der Waals surface area contributed by atoms with Crippen molar-refractivity contribution in [3.63, 3.8) is 0 Å². The largest absolute Gasteiger partial charge is 0.464 e. The topological polar surface area (TPSA) is 61.6 Å². The molecule has 0 aliphatic heterocycles. The first-order valence-corrected chi connectivity index (χ1v) is 5.04. The summed E-state index contributed by atoms with van der Waals surface area (Å²) in [5.74, 6) is -0.139. The maximum absolute atomic E-state index is 11.3. The van der Waals surface area contributed by atoms with Gasteiger partial charge in [0.05, 0.1) is 6.61 Å². The molecule has 0 unspecified atom stereocenters. The fraction of sp³-hybridized carbons (Fsp3) is 0.900. The number of methoxy groups -OCH3 is 1. The highest BCUT2D eigenvalue weighted by molar-refractivity contribution is 5.75. The van der Waals surface area contributed by atoms with Gasteiger partial charge in [-0.2, -0.15) is 0 Å². The van der Waals surface area contributed by atoms with Crippen molar-refractivity contribution in [2.75, 3.05) is 20.3 Å². The normalized spacial score (nSPS) is 14.9. The molecule has 0 aliphatic rings. The molecule has 2 N–H and O–H groups in total. The Morgan fingerprint density at radius 2 is 2.07 bits per heavy atom. The fourth-order valence-corrected chi connectivity index (χ4v) is 0.958. The lowest BCUT2D eigenvalue weighted by Crippen LogP contribution is -2.38. The number of rotatable bonds is 7. The van der Waals surface area contributed by atoms with Crippen LogP contribution in [0.15, 0.2) is 0 Å². The summed E-state index contributed by atoms with van der Waals surface area (Å²) >= 11 is 0. The van der Waals surface area contributed by atoms with Crippen LogP contribution in [0.25, 0.3) is 0 Å². The lowest BCUT2D eigenvalue weighted by Gasteiger charge is -2.16. The number of carbonyl (C=O) groups excluding carboxylic acids is 1. The highest BCUT2D eigenvalue weighted by Crippen LogP contribution is 2.06. The third-order valence-electron chi connectivity index (χ3n) is 2.27. The fourth-order valence-electron chi connectivity index (χ4n) is 0.958. The quantitative estimate of drug-likeness (QED) is 0.494. The van der Waals surface area contributed by atoms with E-state index in [9.17, 15) is 4.79 Å². The Bertz CT molecular complexity index is 161. The van der Waals surface area contributed by atoms with Crippen LogP contribution >= 0.6 is 0 Å². The molecule has 0 bridgehead atoms. The molecular formula is C10H21NO3. The molecule has 0 fully saturated rings. The molecule has 0 radical (unpaired) electrons. The molecule has 2 atom stereocenters. The van der Waals surface area contributed by atoms with Crippen LogP contribution in [0.1, 0.15) is 26.7 Å². The molecular weight excluding hydrogens is 182 g/mol. The second-order valence-corrected chi connectivity index (χ2v) is 3.43. The van der Waals surface area contributed by atoms with Gasteiger partial charge >= 0.3 is 5.97 Å². The Morgan fingerprint density at radius 1 is 1.43 bits per heavy atom. The minimum absolute atomic E-state index is 0.171. The lowest BCUT2D eigenvalue weighted by atomic mass is 10.0. The van der Waals surface area contributed by atoms with Crippen LogP contribution in [-0.4, -0.2) is 32.3 Å². The van der Waals surface area contributed by atoms with Gasteiger partial charge in [0.15, 0.2) is 0 Å². The highest BCUT2D eigenvalue weighted by Gasteiger charge is 2.20. The average Bonchev–Trinajstić information content (AvgIpc) is 2.21. The summed E-state index contributed by atoms with van der Waals surface area (Å²) in [5, 5.41) is 0. The van der Waals surface area contributed by atoms with Gasteiger partial charge in [0.1, 0.15) is 6.04 Å². The van der Waals surface area contributed by atoms with Crippen molar-refractivity contribution < 1.29 is 14.3 Å². The van der Waals surface area contributed by atoms with E-state index in [1.54, 1.807) is 7.11 Å². The number of hydrogen-bond acceptors (Lipinski definition) is 4. The molecule has 0 rings (SSSR count). The lowest BCUT2D eigenvalue weighted by molar-refractivity contribution is -0.146. The molecule has 84 valence electrons. The van der Waals surface area contributed by atoms with Gasteiger partial charge in [-0.25, -0.2) is 0 Å². The number of hydrogen-bond donors (Lipinski definition) is 1. The van der Waals surface area contributed by atoms with Gasteiger partial charge < -0.3 is 15.2 Å². The highest BCUT2D eigenvalue weighted by atomic mass is 16.5. The van der Waals surface area contributed by atoms with E-state index in [-0.39, 0.29) is 11.9 Å². The number of carbonyl (C=O) groups is 1. The Labute approximate surface area is 85.8 Å². The van der Waals surface area contributed by atoms with E-state index >= 15 is 0 Å². The SMILES string of the molecule is CC[C@H](C)[C@H](N)C(=O)OCCCOC. The predicted octanol–water partition coefficient (Wildman–Crippen LogP) is 0.940. The molecule has 0 amide bonds. The van der Waals surface area contributed by atoms with Crippen molar-refractivity contribution in [3.8, 4) is 0 Å². The summed E-state index contributed by atoms with van der Waals surface area (Å²) in [7, 11) is 1.62. The van der Waals surface area contributed by atoms with Crippen molar-refractivity contribution >= 4 is 5.97 Å². The van der Waals surface area contributed by atoms with E-state index in [2.05, 4.69) is 0 Å². The summed E-state index contributed by atoms with van der Waals surface area (Å²) in [6.07, 6.45) is 1.60. The third-order valence-corrected chi connectivity index (χ3v) is 2.27. The van der Waals surface area contributed by atoms with Gasteiger partial charge in [-0.3, -0.25) is 4.79 Å². The molecule has 0 saturated carbocycles. The van der Waals surface area contributed by atoms with Crippen LogP contribution in [0.2, 0.25) is 0 Å². The van der Waals surface area contributed by atoms with Gasteiger partial charge in [0, 0.05) is 20.1 Å². The molecule has 0 spiro atoms. The van der Waals surface area contributed by atoms with Crippen LogP contribution in [0, 0.1) is 5.92 Å². The minimum atomic E-state index is -0.498. The monoisotopic (exact) mass is 203 g/mol. The first-order chi connectivity index (χ1) is 6.63. The summed E-state index contributed by atoms with van der Waals surface area (Å²) in [6.45, 7) is 4.94. The Kier molecular flexibility index (Phi) is 7.42. The van der Waals surface area contributed by atoms with Crippen molar-refractivity contribution in [1.29, 1.82) is 0 Å². The zero-order valence-electron chi connectivity index (χ0n) is 9.29. The van der Waals surface area contributed by atoms with Gasteiger partial charge in [0.25, 0.3) is 0 Å². The summed E-state index contributed by atoms with van der Waals surface area (Å²) in [5.41, 5.74) is 5.68. The molecule has 0 aromatic carbocycles. The van der Waals surface area contributed by atoms with Gasteiger partial charge in [-0.05, 0) is 5.92 Å².